The summed E-state index contributed by atoms with van der Waals surface area (Å²) in [7, 11) is 6.23. The minimum absolute atomic E-state index is 0.303. The smallest absolute Gasteiger partial charge is 0.338 e. The third-order valence-electron chi connectivity index (χ3n) is 8.29. The van der Waals surface area contributed by atoms with Gasteiger partial charge in [0.15, 0.2) is 23.4 Å². The second-order valence-electron chi connectivity index (χ2n) is 10.1. The number of esters is 2. The molecule has 8 nitrogen and oxygen atoms in total. The fourth-order valence-corrected chi connectivity index (χ4v) is 6.37. The molecule has 0 aliphatic heterocycles. The molecule has 0 radical (unpaired) electrons. The summed E-state index contributed by atoms with van der Waals surface area (Å²) in [5, 5.41) is 0. The van der Waals surface area contributed by atoms with E-state index in [-0.39, 0.29) is 0 Å². The van der Waals surface area contributed by atoms with Gasteiger partial charge in [-0.3, -0.25) is 0 Å². The molecule has 0 amide bonds. The first-order chi connectivity index (χ1) is 20.4. The summed E-state index contributed by atoms with van der Waals surface area (Å²) in [6, 6.07) is 28.5. The van der Waals surface area contributed by atoms with E-state index in [4.69, 9.17) is 28.4 Å². The molecule has 1 unspecified atom stereocenters. The fourth-order valence-electron chi connectivity index (χ4n) is 6.37. The van der Waals surface area contributed by atoms with E-state index in [1.54, 1.807) is 77.0 Å². The Kier molecular flexibility index (Phi) is 6.96. The molecular weight excluding hydrogens is 536 g/mol. The molecule has 0 N–H and O–H groups in total. The highest BCUT2D eigenvalue weighted by Crippen LogP contribution is 2.61. The Morgan fingerprint density at radius 3 is 1.07 bits per heavy atom. The molecule has 2 bridgehead atoms. The van der Waals surface area contributed by atoms with Crippen molar-refractivity contribution in [1.82, 2.24) is 0 Å². The maximum atomic E-state index is 13.7. The molecule has 0 saturated heterocycles. The van der Waals surface area contributed by atoms with Gasteiger partial charge in [0.1, 0.15) is 11.5 Å². The van der Waals surface area contributed by atoms with E-state index in [1.165, 1.54) is 0 Å². The van der Waals surface area contributed by atoms with Crippen molar-refractivity contribution in [2.75, 3.05) is 28.4 Å². The van der Waals surface area contributed by atoms with Crippen molar-refractivity contribution in [3.05, 3.63) is 130 Å². The molecule has 4 aromatic rings. The van der Waals surface area contributed by atoms with Crippen LogP contribution in [0.4, 0.5) is 0 Å². The minimum Gasteiger partial charge on any atom is -0.497 e. The zero-order chi connectivity index (χ0) is 29.5. The van der Waals surface area contributed by atoms with Crippen LogP contribution in [0, 0.1) is 0 Å². The number of carbonyl (C=O) groups is 2. The van der Waals surface area contributed by atoms with Gasteiger partial charge in [-0.05, 0) is 70.8 Å². The molecule has 42 heavy (non-hydrogen) atoms. The third-order valence-corrected chi connectivity index (χ3v) is 8.29. The Hall–Kier alpha value is -4.66. The van der Waals surface area contributed by atoms with E-state index >= 15 is 0 Å². The number of rotatable bonds is 8. The number of fused-ring (bicyclic) bond motifs is 1. The van der Waals surface area contributed by atoms with Gasteiger partial charge in [-0.2, -0.15) is 0 Å². The molecule has 0 saturated carbocycles. The lowest BCUT2D eigenvalue weighted by Gasteiger charge is -2.59. The first-order valence-corrected chi connectivity index (χ1v) is 13.4. The zero-order valence-electron chi connectivity index (χ0n) is 23.7. The first kappa shape index (κ1) is 27.5. The van der Waals surface area contributed by atoms with Gasteiger partial charge in [-0.1, -0.05) is 48.5 Å². The number of hydrogen-bond donors (Lipinski definition) is 0. The highest BCUT2D eigenvalue weighted by atomic mass is 16.6. The van der Waals surface area contributed by atoms with E-state index in [0.717, 1.165) is 22.3 Å². The van der Waals surface area contributed by atoms with Crippen LogP contribution in [0.5, 0.6) is 11.5 Å². The Bertz CT molecular complexity index is 1460. The normalized spacial score (nSPS) is 23.3. The van der Waals surface area contributed by atoms with Crippen molar-refractivity contribution >= 4 is 11.9 Å². The van der Waals surface area contributed by atoms with Crippen LogP contribution in [-0.4, -0.2) is 52.6 Å². The van der Waals surface area contributed by atoms with Crippen molar-refractivity contribution in [2.45, 2.75) is 23.4 Å². The molecular formula is C34H30O8. The van der Waals surface area contributed by atoms with Gasteiger partial charge in [0.25, 0.3) is 0 Å². The lowest BCUT2D eigenvalue weighted by Crippen LogP contribution is -2.69. The minimum atomic E-state index is -1.31. The molecule has 0 aromatic heterocycles. The molecule has 3 aliphatic carbocycles. The van der Waals surface area contributed by atoms with Crippen LogP contribution < -0.4 is 9.47 Å². The quantitative estimate of drug-likeness (QED) is 0.267. The summed E-state index contributed by atoms with van der Waals surface area (Å²) in [6.45, 7) is 0. The Morgan fingerprint density at radius 1 is 0.500 bits per heavy atom. The standard InChI is InChI=1S/C34H30O8/c1-37-23-17-13-21(14-18-23)31(35)41-29-30(42-32(36)22-15-19-24(38-2)20-16-22)34(40-4)27-11-7-5-9-25(27)33(29,39-3)26-10-6-8-12-28(26)34/h5-20,29-30H,1-4H3/t29-,30?,33-,34+/m0/s1. The Balaban J connectivity index is 1.54. The van der Waals surface area contributed by atoms with Crippen LogP contribution >= 0.6 is 0 Å². The number of ether oxygens (including phenoxy) is 6. The van der Waals surface area contributed by atoms with Crippen LogP contribution in [0.15, 0.2) is 97.1 Å². The maximum Gasteiger partial charge on any atom is 0.338 e. The predicted molar refractivity (Wildman–Crippen MR) is 153 cm³/mol. The number of benzene rings is 4. The second-order valence-corrected chi connectivity index (χ2v) is 10.1. The average Bonchev–Trinajstić information content (AvgIpc) is 3.05. The summed E-state index contributed by atoms with van der Waals surface area (Å²) in [5.41, 5.74) is 1.04. The summed E-state index contributed by atoms with van der Waals surface area (Å²) >= 11 is 0. The van der Waals surface area contributed by atoms with Crippen LogP contribution in [0.25, 0.3) is 0 Å². The highest BCUT2D eigenvalue weighted by molar-refractivity contribution is 5.91. The van der Waals surface area contributed by atoms with Crippen molar-refractivity contribution in [3.8, 4) is 11.5 Å². The number of hydrogen-bond acceptors (Lipinski definition) is 8. The molecule has 0 fully saturated rings. The lowest BCUT2D eigenvalue weighted by molar-refractivity contribution is -0.215. The largest absolute Gasteiger partial charge is 0.497 e. The second kappa shape index (κ2) is 10.6. The molecule has 214 valence electrons. The SMILES string of the molecule is COc1ccc(C(=O)OC2[C@H](OC(=O)c3ccc(OC)cc3)[C@]3(OC)c4ccccc4[C@@]2(OC)c2ccccc23)cc1. The van der Waals surface area contributed by atoms with Gasteiger partial charge < -0.3 is 28.4 Å². The van der Waals surface area contributed by atoms with E-state index < -0.39 is 35.3 Å². The Labute approximate surface area is 243 Å². The first-order valence-electron chi connectivity index (χ1n) is 13.4. The molecule has 0 spiro atoms. The molecule has 0 heterocycles. The Morgan fingerprint density at radius 2 is 0.810 bits per heavy atom. The average molecular weight is 567 g/mol. The van der Waals surface area contributed by atoms with Crippen molar-refractivity contribution in [1.29, 1.82) is 0 Å². The van der Waals surface area contributed by atoms with E-state index in [1.807, 2.05) is 48.5 Å². The number of carbonyl (C=O) groups excluding carboxylic acids is 2. The zero-order valence-corrected chi connectivity index (χ0v) is 23.7. The summed E-state index contributed by atoms with van der Waals surface area (Å²) in [5.74, 6) is -0.0232. The van der Waals surface area contributed by atoms with E-state index in [2.05, 4.69) is 0 Å². The van der Waals surface area contributed by atoms with Gasteiger partial charge in [0.05, 0.1) is 25.3 Å². The molecule has 2 atom stereocenters. The van der Waals surface area contributed by atoms with Gasteiger partial charge in [0.2, 0.25) is 0 Å². The summed E-state index contributed by atoms with van der Waals surface area (Å²) < 4.78 is 35.9. The molecule has 3 aliphatic rings. The molecule has 7 rings (SSSR count). The van der Waals surface area contributed by atoms with Crippen LogP contribution in [0.2, 0.25) is 0 Å². The third kappa shape index (κ3) is 3.90. The van der Waals surface area contributed by atoms with Gasteiger partial charge in [-0.15, -0.1) is 0 Å². The van der Waals surface area contributed by atoms with Gasteiger partial charge in [0, 0.05) is 14.2 Å². The topological polar surface area (TPSA) is 89.5 Å². The van der Waals surface area contributed by atoms with Gasteiger partial charge >= 0.3 is 11.9 Å². The predicted octanol–water partition coefficient (Wildman–Crippen LogP) is 5.26. The number of methoxy groups -OCH3 is 4. The van der Waals surface area contributed by atoms with Crippen molar-refractivity contribution in [3.63, 3.8) is 0 Å². The van der Waals surface area contributed by atoms with Crippen LogP contribution in [-0.2, 0) is 30.1 Å². The molecule has 8 heteroatoms. The van der Waals surface area contributed by atoms with Crippen LogP contribution in [0.3, 0.4) is 0 Å². The fraction of sp³-hybridized carbons (Fsp3) is 0.235. The monoisotopic (exact) mass is 566 g/mol. The van der Waals surface area contributed by atoms with Gasteiger partial charge in [-0.25, -0.2) is 9.59 Å². The summed E-state index contributed by atoms with van der Waals surface area (Å²) in [4.78, 5) is 27.4. The van der Waals surface area contributed by atoms with E-state index in [0.29, 0.717) is 22.6 Å². The highest BCUT2D eigenvalue weighted by Gasteiger charge is 2.70. The maximum absolute atomic E-state index is 13.7. The lowest BCUT2D eigenvalue weighted by atomic mass is 9.55. The summed E-state index contributed by atoms with van der Waals surface area (Å²) in [6.07, 6.45) is -2.24. The van der Waals surface area contributed by atoms with E-state index in [9.17, 15) is 9.59 Å². The molecule has 4 aromatic carbocycles. The van der Waals surface area contributed by atoms with Crippen LogP contribution in [0.1, 0.15) is 43.0 Å². The van der Waals surface area contributed by atoms with Crippen molar-refractivity contribution < 1.29 is 38.0 Å². The van der Waals surface area contributed by atoms with Crippen molar-refractivity contribution in [2.24, 2.45) is 0 Å².